The monoisotopic (exact) mass is 275 g/mol. The molecule has 0 saturated heterocycles. The molecule has 1 N–H and O–H groups in total. The highest BCUT2D eigenvalue weighted by atomic mass is 15.2. The molecule has 0 amide bonds. The number of nitriles is 1. The van der Waals surface area contributed by atoms with Gasteiger partial charge >= 0.3 is 0 Å². The predicted octanol–water partition coefficient (Wildman–Crippen LogP) is 1.67. The van der Waals surface area contributed by atoms with Gasteiger partial charge < -0.3 is 4.57 Å². The summed E-state index contributed by atoms with van der Waals surface area (Å²) in [6.45, 7) is 3.76. The summed E-state index contributed by atoms with van der Waals surface area (Å²) in [6, 6.07) is 2.96. The van der Waals surface area contributed by atoms with Gasteiger partial charge in [0.2, 0.25) is 0 Å². The van der Waals surface area contributed by atoms with E-state index in [0.717, 1.165) is 44.6 Å². The maximum atomic E-state index is 9.53. The van der Waals surface area contributed by atoms with Gasteiger partial charge in [0.15, 0.2) is 0 Å². The molecule has 2 rings (SSSR count). The number of nitrogens with one attached hydrogen (secondary N) is 1. The van der Waals surface area contributed by atoms with Gasteiger partial charge in [-0.05, 0) is 39.3 Å². The van der Waals surface area contributed by atoms with Crippen LogP contribution in [0.2, 0.25) is 0 Å². The van der Waals surface area contributed by atoms with Crippen LogP contribution in [0.15, 0.2) is 12.4 Å². The molecule has 5 heteroatoms. The zero-order chi connectivity index (χ0) is 14.6. The molecule has 1 aliphatic carbocycles. The molecule has 0 radical (unpaired) electrons. The Balaban J connectivity index is 2.01. The fourth-order valence-electron chi connectivity index (χ4n) is 3.16. The summed E-state index contributed by atoms with van der Waals surface area (Å²) < 4.78 is 2.06. The van der Waals surface area contributed by atoms with Crippen molar-refractivity contribution in [2.75, 3.05) is 13.6 Å². The largest absolute Gasteiger partial charge is 0.337 e. The lowest BCUT2D eigenvalue weighted by molar-refractivity contribution is 0.136. The lowest BCUT2D eigenvalue weighted by Crippen LogP contribution is -2.52. The van der Waals surface area contributed by atoms with Crippen LogP contribution < -0.4 is 5.32 Å². The van der Waals surface area contributed by atoms with Crippen molar-refractivity contribution < 1.29 is 0 Å². The van der Waals surface area contributed by atoms with Crippen molar-refractivity contribution in [3.05, 3.63) is 18.2 Å². The van der Waals surface area contributed by atoms with Crippen molar-refractivity contribution in [1.29, 1.82) is 5.26 Å². The maximum Gasteiger partial charge on any atom is 0.122 e. The Kier molecular flexibility index (Phi) is 4.79. The van der Waals surface area contributed by atoms with E-state index >= 15 is 0 Å². The lowest BCUT2D eigenvalue weighted by atomic mass is 9.79. The maximum absolute atomic E-state index is 9.53. The molecular weight excluding hydrogens is 250 g/mol. The van der Waals surface area contributed by atoms with E-state index < -0.39 is 0 Å². The summed E-state index contributed by atoms with van der Waals surface area (Å²) in [5.74, 6) is 1.07. The Morgan fingerprint density at radius 3 is 3.05 bits per heavy atom. The number of aryl methyl sites for hydroxylation is 1. The quantitative estimate of drug-likeness (QED) is 0.888. The van der Waals surface area contributed by atoms with Gasteiger partial charge in [0.25, 0.3) is 0 Å². The van der Waals surface area contributed by atoms with Crippen molar-refractivity contribution >= 4 is 0 Å². The van der Waals surface area contributed by atoms with Gasteiger partial charge in [-0.25, -0.2) is 4.98 Å². The minimum Gasteiger partial charge on any atom is -0.337 e. The van der Waals surface area contributed by atoms with Gasteiger partial charge in [-0.15, -0.1) is 0 Å². The molecule has 110 valence electrons. The van der Waals surface area contributed by atoms with Crippen LogP contribution in [0.3, 0.4) is 0 Å². The molecule has 0 aromatic carbocycles. The molecule has 0 bridgehead atoms. The van der Waals surface area contributed by atoms with E-state index in [4.69, 9.17) is 0 Å². The van der Waals surface area contributed by atoms with Crippen molar-refractivity contribution in [3.63, 3.8) is 0 Å². The minimum atomic E-state index is -0.340. The number of hydrogen-bond donors (Lipinski definition) is 1. The molecule has 1 aromatic rings. The zero-order valence-electron chi connectivity index (χ0n) is 12.8. The van der Waals surface area contributed by atoms with Gasteiger partial charge in [0.1, 0.15) is 11.4 Å². The molecule has 0 spiro atoms. The van der Waals surface area contributed by atoms with Gasteiger partial charge in [0.05, 0.1) is 12.6 Å². The van der Waals surface area contributed by atoms with Crippen molar-refractivity contribution in [1.82, 2.24) is 19.8 Å². The molecule has 2 atom stereocenters. The summed E-state index contributed by atoms with van der Waals surface area (Å²) in [5.41, 5.74) is -0.340. The average molecular weight is 275 g/mol. The summed E-state index contributed by atoms with van der Waals surface area (Å²) >= 11 is 0. The first kappa shape index (κ1) is 15.0. The molecule has 1 aromatic heterocycles. The number of imidazole rings is 1. The van der Waals surface area contributed by atoms with E-state index in [-0.39, 0.29) is 5.54 Å². The lowest BCUT2D eigenvalue weighted by Gasteiger charge is -2.40. The predicted molar refractivity (Wildman–Crippen MR) is 79.0 cm³/mol. The Bertz CT molecular complexity index is 471. The molecule has 1 heterocycles. The molecular formula is C15H25N5. The molecule has 20 heavy (non-hydrogen) atoms. The Morgan fingerprint density at radius 2 is 2.45 bits per heavy atom. The molecule has 1 fully saturated rings. The first-order chi connectivity index (χ1) is 9.60. The van der Waals surface area contributed by atoms with E-state index in [1.54, 1.807) is 0 Å². The Hall–Kier alpha value is -1.38. The second kappa shape index (κ2) is 6.38. The summed E-state index contributed by atoms with van der Waals surface area (Å²) in [6.07, 6.45) is 7.94. The topological polar surface area (TPSA) is 56.9 Å². The Morgan fingerprint density at radius 1 is 1.65 bits per heavy atom. The first-order valence-corrected chi connectivity index (χ1v) is 7.43. The van der Waals surface area contributed by atoms with Crippen LogP contribution in [0.5, 0.6) is 0 Å². The highest BCUT2D eigenvalue weighted by Crippen LogP contribution is 2.30. The highest BCUT2D eigenvalue weighted by Gasteiger charge is 2.37. The van der Waals surface area contributed by atoms with Gasteiger partial charge in [0, 0.05) is 25.5 Å². The minimum absolute atomic E-state index is 0.340. The Labute approximate surface area is 121 Å². The number of aromatic nitrogens is 2. The van der Waals surface area contributed by atoms with Crippen LogP contribution in [0.4, 0.5) is 0 Å². The normalized spacial score (nSPS) is 26.6. The molecule has 1 saturated carbocycles. The highest BCUT2D eigenvalue weighted by molar-refractivity contribution is 5.11. The third-order valence-electron chi connectivity index (χ3n) is 4.39. The third-order valence-corrected chi connectivity index (χ3v) is 4.39. The average Bonchev–Trinajstić information content (AvgIpc) is 2.85. The fourth-order valence-corrected chi connectivity index (χ4v) is 3.16. The third kappa shape index (κ3) is 3.20. The van der Waals surface area contributed by atoms with Crippen molar-refractivity contribution in [2.45, 2.75) is 50.7 Å². The standard InChI is InChI=1S/C15H25N5/c1-4-18-15(12-16)7-5-6-13(10-15)20(3)11-14-17-8-9-19(14)2/h8-9,13,18H,4-7,10-11H2,1-3H3. The van der Waals surface area contributed by atoms with E-state index in [9.17, 15) is 5.26 Å². The second-order valence-electron chi connectivity index (χ2n) is 5.84. The first-order valence-electron chi connectivity index (χ1n) is 7.43. The van der Waals surface area contributed by atoms with Gasteiger partial charge in [-0.3, -0.25) is 10.2 Å². The van der Waals surface area contributed by atoms with E-state index in [1.165, 1.54) is 0 Å². The van der Waals surface area contributed by atoms with Crippen LogP contribution in [0.1, 0.15) is 38.4 Å². The number of rotatable bonds is 5. The van der Waals surface area contributed by atoms with Crippen LogP contribution in [-0.2, 0) is 13.6 Å². The van der Waals surface area contributed by atoms with Crippen LogP contribution in [-0.4, -0.2) is 39.6 Å². The van der Waals surface area contributed by atoms with E-state index in [1.807, 2.05) is 19.4 Å². The fraction of sp³-hybridized carbons (Fsp3) is 0.733. The summed E-state index contributed by atoms with van der Waals surface area (Å²) in [5, 5.41) is 12.9. The van der Waals surface area contributed by atoms with Crippen molar-refractivity contribution in [2.24, 2.45) is 7.05 Å². The van der Waals surface area contributed by atoms with E-state index in [2.05, 4.69) is 39.8 Å². The van der Waals surface area contributed by atoms with Gasteiger partial charge in [-0.1, -0.05) is 6.92 Å². The smallest absolute Gasteiger partial charge is 0.122 e. The molecule has 5 nitrogen and oxygen atoms in total. The van der Waals surface area contributed by atoms with Gasteiger partial charge in [-0.2, -0.15) is 5.26 Å². The van der Waals surface area contributed by atoms with Crippen LogP contribution in [0, 0.1) is 11.3 Å². The van der Waals surface area contributed by atoms with Crippen LogP contribution in [0.25, 0.3) is 0 Å². The molecule has 1 aliphatic rings. The van der Waals surface area contributed by atoms with E-state index in [0.29, 0.717) is 6.04 Å². The summed E-state index contributed by atoms with van der Waals surface area (Å²) in [4.78, 5) is 6.72. The summed E-state index contributed by atoms with van der Waals surface area (Å²) in [7, 11) is 4.16. The molecule has 2 unspecified atom stereocenters. The zero-order valence-corrected chi connectivity index (χ0v) is 12.8. The second-order valence-corrected chi connectivity index (χ2v) is 5.84. The van der Waals surface area contributed by atoms with Crippen molar-refractivity contribution in [3.8, 4) is 6.07 Å². The number of hydrogen-bond acceptors (Lipinski definition) is 4. The van der Waals surface area contributed by atoms with Crippen LogP contribution >= 0.6 is 0 Å². The SMILES string of the molecule is CCNC1(C#N)CCCC(N(C)Cc2nccn2C)C1. The number of nitrogens with zero attached hydrogens (tertiary/aromatic N) is 4. The molecule has 0 aliphatic heterocycles.